The second kappa shape index (κ2) is 20.0. The number of nitrogens with one attached hydrogen (secondary N) is 2. The van der Waals surface area contributed by atoms with Crippen LogP contribution in [0, 0.1) is 23.2 Å². The minimum absolute atomic E-state index is 0.110. The quantitative estimate of drug-likeness (QED) is 0.139. The Bertz CT molecular complexity index is 2140. The fourth-order valence-corrected chi connectivity index (χ4v) is 7.58. The Balaban J connectivity index is 1.02. The Morgan fingerprint density at radius 3 is 2.46 bits per heavy atom. The molecule has 19 heteroatoms. The van der Waals surface area contributed by atoms with Crippen molar-refractivity contribution < 1.29 is 49.2 Å². The molecule has 2 unspecified atom stereocenters. The van der Waals surface area contributed by atoms with Crippen molar-refractivity contribution in [2.75, 3.05) is 59.0 Å². The van der Waals surface area contributed by atoms with E-state index in [1.807, 2.05) is 18.7 Å². The van der Waals surface area contributed by atoms with E-state index < -0.39 is 59.7 Å². The minimum Gasteiger partial charge on any atom is -0.491 e. The van der Waals surface area contributed by atoms with Crippen LogP contribution in [-0.2, 0) is 20.1 Å². The lowest BCUT2D eigenvalue weighted by Gasteiger charge is -2.37. The predicted octanol–water partition coefficient (Wildman–Crippen LogP) is 4.10. The standard InChI is InChI=1S/C40H48F3N7O8S/c1-27(2)31(10-3-4-14-46-37(52)28-8-5-9-30(22-28)58-59(43,55)56)39(54)49-19-17-48(18-20-49)16-7-21-57-34-12-6-11-32-33(13-15-45-36(32)34)38(53)47-25-35(51)50-26-40(41,42)23-29(50)24-44/h5-6,8-9,11-13,15,22,27,29,31H,3-4,7,10,14,16-21,23,25-26H2,1-2H3,(H,46,52)(H,47,53). The van der Waals surface area contributed by atoms with Crippen LogP contribution in [0.15, 0.2) is 54.7 Å². The average Bonchev–Trinajstić information content (AvgIpc) is 3.53. The number of aromatic nitrogens is 1. The Kier molecular flexibility index (Phi) is 15.1. The van der Waals surface area contributed by atoms with Gasteiger partial charge in [-0.15, -0.1) is 0 Å². The van der Waals surface area contributed by atoms with E-state index >= 15 is 0 Å². The summed E-state index contributed by atoms with van der Waals surface area (Å²) in [6, 6.07) is 12.3. The van der Waals surface area contributed by atoms with Crippen molar-refractivity contribution in [3.05, 3.63) is 65.9 Å². The number of pyridine rings is 1. The van der Waals surface area contributed by atoms with Crippen LogP contribution in [0.3, 0.4) is 0 Å². The summed E-state index contributed by atoms with van der Waals surface area (Å²) in [4.78, 5) is 61.1. The molecular weight excluding hydrogens is 796 g/mol. The van der Waals surface area contributed by atoms with Gasteiger partial charge in [-0.2, -0.15) is 13.7 Å². The number of ether oxygens (including phenoxy) is 1. The summed E-state index contributed by atoms with van der Waals surface area (Å²) in [5, 5.41) is 14.9. The van der Waals surface area contributed by atoms with Crippen LogP contribution in [0.1, 0.15) is 66.7 Å². The molecular formula is C40H48F3N7O8S. The fraction of sp³-hybridized carbons (Fsp3) is 0.500. The maximum Gasteiger partial charge on any atom is 0.488 e. The van der Waals surface area contributed by atoms with Crippen LogP contribution in [0.4, 0.5) is 12.7 Å². The molecule has 2 saturated heterocycles. The first-order chi connectivity index (χ1) is 28.0. The summed E-state index contributed by atoms with van der Waals surface area (Å²) < 4.78 is 72.2. The molecule has 2 aromatic carbocycles. The smallest absolute Gasteiger partial charge is 0.488 e. The number of hydrogen-bond acceptors (Lipinski definition) is 11. The number of nitrogens with zero attached hydrogens (tertiary/aromatic N) is 5. The molecule has 0 saturated carbocycles. The molecule has 0 bridgehead atoms. The number of likely N-dealkylation sites (tertiary alicyclic amines) is 1. The monoisotopic (exact) mass is 843 g/mol. The Morgan fingerprint density at radius 2 is 1.75 bits per heavy atom. The number of piperazine rings is 1. The van der Waals surface area contributed by atoms with Gasteiger partial charge in [0.1, 0.15) is 23.1 Å². The molecule has 2 fully saturated rings. The van der Waals surface area contributed by atoms with Crippen molar-refractivity contribution in [3.63, 3.8) is 0 Å². The van der Waals surface area contributed by atoms with Gasteiger partial charge in [0.2, 0.25) is 11.8 Å². The van der Waals surface area contributed by atoms with E-state index in [0.717, 1.165) is 17.5 Å². The summed E-state index contributed by atoms with van der Waals surface area (Å²) in [6.07, 6.45) is 3.38. The van der Waals surface area contributed by atoms with Crippen LogP contribution < -0.4 is 19.6 Å². The van der Waals surface area contributed by atoms with Crippen molar-refractivity contribution in [3.8, 4) is 17.6 Å². The van der Waals surface area contributed by atoms with Crippen molar-refractivity contribution in [2.45, 2.75) is 57.9 Å². The van der Waals surface area contributed by atoms with Gasteiger partial charge in [-0.25, -0.2) is 8.78 Å². The highest BCUT2D eigenvalue weighted by Crippen LogP contribution is 2.32. The van der Waals surface area contributed by atoms with E-state index in [-0.39, 0.29) is 34.6 Å². The van der Waals surface area contributed by atoms with Gasteiger partial charge in [0.25, 0.3) is 17.7 Å². The van der Waals surface area contributed by atoms with E-state index in [4.69, 9.17) is 4.74 Å². The number of amides is 4. The van der Waals surface area contributed by atoms with Crippen molar-refractivity contribution in [2.24, 2.45) is 11.8 Å². The lowest BCUT2D eigenvalue weighted by molar-refractivity contribution is -0.139. The normalized spacial score (nSPS) is 17.3. The highest BCUT2D eigenvalue weighted by atomic mass is 32.3. The van der Waals surface area contributed by atoms with Crippen LogP contribution in [0.2, 0.25) is 0 Å². The molecule has 3 aromatic rings. The lowest BCUT2D eigenvalue weighted by atomic mass is 9.89. The number of para-hydroxylation sites is 1. The molecule has 2 aliphatic rings. The molecule has 5 rings (SSSR count). The van der Waals surface area contributed by atoms with Gasteiger partial charge >= 0.3 is 10.5 Å². The minimum atomic E-state index is -5.21. The summed E-state index contributed by atoms with van der Waals surface area (Å²) in [5.41, 5.74) is 0.793. The first-order valence-corrected chi connectivity index (χ1v) is 20.7. The Hall–Kier alpha value is -5.48. The van der Waals surface area contributed by atoms with Gasteiger partial charge in [0.15, 0.2) is 0 Å². The van der Waals surface area contributed by atoms with Gasteiger partial charge in [-0.3, -0.25) is 29.1 Å². The van der Waals surface area contributed by atoms with Crippen molar-refractivity contribution >= 4 is 45.0 Å². The Morgan fingerprint density at radius 1 is 1.00 bits per heavy atom. The third kappa shape index (κ3) is 12.5. The molecule has 0 radical (unpaired) electrons. The number of halogens is 3. The van der Waals surface area contributed by atoms with Crippen molar-refractivity contribution in [1.82, 2.24) is 30.3 Å². The number of alkyl halides is 2. The average molecular weight is 844 g/mol. The fourth-order valence-electron chi connectivity index (χ4n) is 7.25. The van der Waals surface area contributed by atoms with Gasteiger partial charge in [-0.1, -0.05) is 42.4 Å². The Labute approximate surface area is 341 Å². The first kappa shape index (κ1) is 44.6. The van der Waals surface area contributed by atoms with E-state index in [0.29, 0.717) is 81.7 Å². The topological polar surface area (TPSA) is 191 Å². The highest BCUT2D eigenvalue weighted by molar-refractivity contribution is 7.81. The van der Waals surface area contributed by atoms with E-state index in [2.05, 4.69) is 24.7 Å². The van der Waals surface area contributed by atoms with Crippen LogP contribution in [0.25, 0.3) is 10.9 Å². The second-order valence-corrected chi connectivity index (χ2v) is 15.8. The summed E-state index contributed by atoms with van der Waals surface area (Å²) >= 11 is 0. The highest BCUT2D eigenvalue weighted by Gasteiger charge is 2.47. The third-order valence-electron chi connectivity index (χ3n) is 10.3. The largest absolute Gasteiger partial charge is 0.491 e. The van der Waals surface area contributed by atoms with Gasteiger partial charge < -0.3 is 29.4 Å². The number of carbonyl (C=O) groups is 4. The molecule has 3 heterocycles. The molecule has 2 atom stereocenters. The molecule has 15 nitrogen and oxygen atoms in total. The number of unbranched alkanes of at least 4 members (excludes halogenated alkanes) is 1. The number of nitriles is 1. The number of hydrogen-bond donors (Lipinski definition) is 2. The summed E-state index contributed by atoms with van der Waals surface area (Å²) in [5.74, 6) is -4.77. The number of benzene rings is 2. The van der Waals surface area contributed by atoms with E-state index in [9.17, 15) is 45.5 Å². The lowest BCUT2D eigenvalue weighted by Crippen LogP contribution is -2.51. The summed E-state index contributed by atoms with van der Waals surface area (Å²) in [6.45, 7) is 6.68. The zero-order valence-electron chi connectivity index (χ0n) is 32.9. The summed E-state index contributed by atoms with van der Waals surface area (Å²) in [7, 11) is -5.21. The van der Waals surface area contributed by atoms with Gasteiger partial charge in [0, 0.05) is 68.8 Å². The van der Waals surface area contributed by atoms with Crippen molar-refractivity contribution in [1.29, 1.82) is 5.26 Å². The molecule has 0 aliphatic carbocycles. The molecule has 1 aromatic heterocycles. The maximum atomic E-state index is 13.8. The zero-order chi connectivity index (χ0) is 42.7. The van der Waals surface area contributed by atoms with Crippen LogP contribution in [-0.4, -0.2) is 123 Å². The molecule has 59 heavy (non-hydrogen) atoms. The van der Waals surface area contributed by atoms with Crippen LogP contribution in [0.5, 0.6) is 11.5 Å². The molecule has 2 N–H and O–H groups in total. The zero-order valence-corrected chi connectivity index (χ0v) is 33.7. The molecule has 318 valence electrons. The third-order valence-corrected chi connectivity index (χ3v) is 10.7. The van der Waals surface area contributed by atoms with Crippen LogP contribution >= 0.6 is 0 Å². The van der Waals surface area contributed by atoms with Gasteiger partial charge in [-0.05, 0) is 55.5 Å². The SMILES string of the molecule is CC(C)C(CCCCNC(=O)c1cccc(OS(=O)(=O)F)c1)C(=O)N1CCN(CCCOc2cccc3c(C(=O)NCC(=O)N4CC(F)(F)CC4C#N)ccnc23)CC1. The number of carbonyl (C=O) groups excluding carboxylic acids is 4. The number of fused-ring (bicyclic) bond motifs is 1. The first-order valence-electron chi connectivity index (χ1n) is 19.4. The second-order valence-electron chi connectivity index (χ2n) is 14.9. The predicted molar refractivity (Wildman–Crippen MR) is 209 cm³/mol. The maximum absolute atomic E-state index is 13.8. The molecule has 0 spiro atoms. The number of rotatable bonds is 18. The van der Waals surface area contributed by atoms with E-state index in [1.165, 1.54) is 30.5 Å². The molecule has 4 amide bonds. The van der Waals surface area contributed by atoms with Gasteiger partial charge in [0.05, 0.1) is 31.3 Å². The molecule has 2 aliphatic heterocycles. The van der Waals surface area contributed by atoms with E-state index in [1.54, 1.807) is 24.3 Å².